The van der Waals surface area contributed by atoms with Gasteiger partial charge in [-0.25, -0.2) is 0 Å². The first-order valence-electron chi connectivity index (χ1n) is 6.75. The van der Waals surface area contributed by atoms with Crippen LogP contribution in [0.2, 0.25) is 0 Å². The molecule has 1 fully saturated rings. The first-order chi connectivity index (χ1) is 8.80. The van der Waals surface area contributed by atoms with Crippen molar-refractivity contribution < 1.29 is 9.47 Å². The Labute approximate surface area is 109 Å². The van der Waals surface area contributed by atoms with Crippen LogP contribution in [0, 0.1) is 0 Å². The molecular formula is C15H23NO2. The van der Waals surface area contributed by atoms with Crippen LogP contribution < -0.4 is 14.8 Å². The molecule has 2 rings (SSSR count). The molecule has 0 amide bonds. The van der Waals surface area contributed by atoms with Crippen LogP contribution in [0.3, 0.4) is 0 Å². The van der Waals surface area contributed by atoms with Gasteiger partial charge in [-0.15, -0.1) is 0 Å². The van der Waals surface area contributed by atoms with Crippen molar-refractivity contribution in [3.63, 3.8) is 0 Å². The monoisotopic (exact) mass is 249 g/mol. The van der Waals surface area contributed by atoms with Crippen molar-refractivity contribution in [2.24, 2.45) is 0 Å². The van der Waals surface area contributed by atoms with Crippen molar-refractivity contribution in [1.29, 1.82) is 0 Å². The lowest BCUT2D eigenvalue weighted by molar-refractivity contribution is 0.344. The Kier molecular flexibility index (Phi) is 4.48. The lowest BCUT2D eigenvalue weighted by atomic mass is 9.89. The highest BCUT2D eigenvalue weighted by Gasteiger charge is 2.22. The van der Waals surface area contributed by atoms with E-state index in [0.717, 1.165) is 31.0 Å². The van der Waals surface area contributed by atoms with E-state index in [1.807, 2.05) is 0 Å². The summed E-state index contributed by atoms with van der Waals surface area (Å²) in [5, 5.41) is 3.46. The van der Waals surface area contributed by atoms with Gasteiger partial charge in [-0.1, -0.05) is 13.0 Å². The van der Waals surface area contributed by atoms with Crippen molar-refractivity contribution in [3.8, 4) is 11.5 Å². The maximum atomic E-state index is 5.57. The Hall–Kier alpha value is -1.22. The molecule has 1 aromatic rings. The Morgan fingerprint density at radius 2 is 2.11 bits per heavy atom. The highest BCUT2D eigenvalue weighted by Crippen LogP contribution is 2.39. The average Bonchev–Trinajstić information content (AvgIpc) is 2.46. The number of aryl methyl sites for hydroxylation is 1. The van der Waals surface area contributed by atoms with Crippen LogP contribution in [0.5, 0.6) is 11.5 Å². The van der Waals surface area contributed by atoms with Crippen LogP contribution in [0.25, 0.3) is 0 Å². The highest BCUT2D eigenvalue weighted by atomic mass is 16.5. The second-order valence-electron chi connectivity index (χ2n) is 4.82. The smallest absolute Gasteiger partial charge is 0.164 e. The average molecular weight is 249 g/mol. The topological polar surface area (TPSA) is 30.5 Å². The van der Waals surface area contributed by atoms with Gasteiger partial charge in [0.1, 0.15) is 0 Å². The Bertz CT molecular complexity index is 398. The molecule has 1 atom stereocenters. The normalized spacial score (nSPS) is 19.6. The van der Waals surface area contributed by atoms with E-state index in [-0.39, 0.29) is 0 Å². The van der Waals surface area contributed by atoms with Crippen molar-refractivity contribution in [1.82, 2.24) is 5.32 Å². The summed E-state index contributed by atoms with van der Waals surface area (Å²) in [7, 11) is 3.43. The molecule has 0 spiro atoms. The van der Waals surface area contributed by atoms with Gasteiger partial charge in [0, 0.05) is 18.0 Å². The van der Waals surface area contributed by atoms with Gasteiger partial charge in [0.15, 0.2) is 11.5 Å². The lowest BCUT2D eigenvalue weighted by Crippen LogP contribution is -2.28. The van der Waals surface area contributed by atoms with Gasteiger partial charge in [0.2, 0.25) is 0 Å². The van der Waals surface area contributed by atoms with Crippen molar-refractivity contribution in [2.45, 2.75) is 32.1 Å². The standard InChI is InChI=1S/C15H23NO2/c1-4-11-8-13(12-6-5-7-16-10-12)15(18-3)14(9-11)17-2/h8-9,12,16H,4-7,10H2,1-3H3. The minimum atomic E-state index is 0.536. The Balaban J connectivity index is 2.41. The molecule has 100 valence electrons. The molecule has 0 aliphatic carbocycles. The summed E-state index contributed by atoms with van der Waals surface area (Å²) < 4.78 is 11.0. The fourth-order valence-electron chi connectivity index (χ4n) is 2.68. The van der Waals surface area contributed by atoms with Gasteiger partial charge in [0.25, 0.3) is 0 Å². The number of methoxy groups -OCH3 is 2. The first kappa shape index (κ1) is 13.2. The molecule has 0 radical (unpaired) electrons. The molecule has 1 aliphatic heterocycles. The van der Waals surface area contributed by atoms with Crippen LogP contribution in [0.4, 0.5) is 0 Å². The molecule has 1 N–H and O–H groups in total. The molecule has 0 saturated carbocycles. The van der Waals surface area contributed by atoms with E-state index in [0.29, 0.717) is 5.92 Å². The molecule has 1 aromatic carbocycles. The summed E-state index contributed by atoms with van der Waals surface area (Å²) in [6.07, 6.45) is 3.47. The predicted molar refractivity (Wildman–Crippen MR) is 73.8 cm³/mol. The van der Waals surface area contributed by atoms with Crippen molar-refractivity contribution in [3.05, 3.63) is 23.3 Å². The van der Waals surface area contributed by atoms with Crippen LogP contribution in [-0.4, -0.2) is 27.3 Å². The molecular weight excluding hydrogens is 226 g/mol. The summed E-state index contributed by atoms with van der Waals surface area (Å²) in [6.45, 7) is 4.33. The largest absolute Gasteiger partial charge is 0.493 e. The van der Waals surface area contributed by atoms with E-state index in [1.165, 1.54) is 24.0 Å². The summed E-state index contributed by atoms with van der Waals surface area (Å²) in [5.41, 5.74) is 2.61. The van der Waals surface area contributed by atoms with E-state index in [2.05, 4.69) is 24.4 Å². The van der Waals surface area contributed by atoms with Gasteiger partial charge < -0.3 is 14.8 Å². The Morgan fingerprint density at radius 3 is 2.67 bits per heavy atom. The quantitative estimate of drug-likeness (QED) is 0.890. The van der Waals surface area contributed by atoms with Crippen LogP contribution in [-0.2, 0) is 6.42 Å². The molecule has 1 unspecified atom stereocenters. The summed E-state index contributed by atoms with van der Waals surface area (Å²) in [6, 6.07) is 4.36. The third-order valence-corrected chi connectivity index (χ3v) is 3.71. The number of benzene rings is 1. The van der Waals surface area contributed by atoms with Gasteiger partial charge >= 0.3 is 0 Å². The predicted octanol–water partition coefficient (Wildman–Crippen LogP) is 2.73. The SMILES string of the molecule is CCc1cc(OC)c(OC)c(C2CCCNC2)c1. The number of hydrogen-bond acceptors (Lipinski definition) is 3. The summed E-state index contributed by atoms with van der Waals surface area (Å²) >= 11 is 0. The zero-order valence-electron chi connectivity index (χ0n) is 11.6. The van der Waals surface area contributed by atoms with Crippen LogP contribution in [0.15, 0.2) is 12.1 Å². The molecule has 1 heterocycles. The molecule has 0 aromatic heterocycles. The zero-order chi connectivity index (χ0) is 13.0. The lowest BCUT2D eigenvalue weighted by Gasteiger charge is -2.26. The second-order valence-corrected chi connectivity index (χ2v) is 4.82. The van der Waals surface area contributed by atoms with Gasteiger partial charge in [-0.2, -0.15) is 0 Å². The number of ether oxygens (including phenoxy) is 2. The number of piperidine rings is 1. The van der Waals surface area contributed by atoms with Crippen molar-refractivity contribution >= 4 is 0 Å². The van der Waals surface area contributed by atoms with Crippen LogP contribution in [0.1, 0.15) is 36.8 Å². The van der Waals surface area contributed by atoms with Crippen LogP contribution >= 0.6 is 0 Å². The number of rotatable bonds is 4. The number of hydrogen-bond donors (Lipinski definition) is 1. The first-order valence-corrected chi connectivity index (χ1v) is 6.75. The fourth-order valence-corrected chi connectivity index (χ4v) is 2.68. The molecule has 3 nitrogen and oxygen atoms in total. The van der Waals surface area contributed by atoms with Gasteiger partial charge in [-0.05, 0) is 37.4 Å². The second kappa shape index (κ2) is 6.10. The molecule has 3 heteroatoms. The third-order valence-electron chi connectivity index (χ3n) is 3.71. The highest BCUT2D eigenvalue weighted by molar-refractivity contribution is 5.51. The van der Waals surface area contributed by atoms with Gasteiger partial charge in [0.05, 0.1) is 14.2 Å². The van der Waals surface area contributed by atoms with Gasteiger partial charge in [-0.3, -0.25) is 0 Å². The number of nitrogens with one attached hydrogen (secondary N) is 1. The van der Waals surface area contributed by atoms with E-state index < -0.39 is 0 Å². The Morgan fingerprint density at radius 1 is 1.28 bits per heavy atom. The van der Waals surface area contributed by atoms with E-state index >= 15 is 0 Å². The molecule has 1 saturated heterocycles. The third kappa shape index (κ3) is 2.61. The molecule has 0 bridgehead atoms. The molecule has 1 aliphatic rings. The van der Waals surface area contributed by atoms with E-state index in [4.69, 9.17) is 9.47 Å². The fraction of sp³-hybridized carbons (Fsp3) is 0.600. The maximum absolute atomic E-state index is 5.57. The minimum Gasteiger partial charge on any atom is -0.493 e. The maximum Gasteiger partial charge on any atom is 0.164 e. The summed E-state index contributed by atoms with van der Waals surface area (Å²) in [5.74, 6) is 2.30. The molecule has 18 heavy (non-hydrogen) atoms. The zero-order valence-corrected chi connectivity index (χ0v) is 11.6. The van der Waals surface area contributed by atoms with E-state index in [1.54, 1.807) is 14.2 Å². The minimum absolute atomic E-state index is 0.536. The summed E-state index contributed by atoms with van der Waals surface area (Å²) in [4.78, 5) is 0. The van der Waals surface area contributed by atoms with E-state index in [9.17, 15) is 0 Å². The van der Waals surface area contributed by atoms with Crippen molar-refractivity contribution in [2.75, 3.05) is 27.3 Å².